The van der Waals surface area contributed by atoms with Crippen LogP contribution in [-0.4, -0.2) is 119 Å². The normalized spacial score (nSPS) is 19.5. The van der Waals surface area contributed by atoms with Gasteiger partial charge in [0.2, 0.25) is 23.6 Å². The third-order valence-electron chi connectivity index (χ3n) is 11.0. The highest BCUT2D eigenvalue weighted by atomic mass is 35.5. The van der Waals surface area contributed by atoms with Crippen LogP contribution in [0, 0.1) is 5.82 Å². The number of imide groups is 2. The first-order chi connectivity index (χ1) is 26.5. The molecule has 4 aliphatic heterocycles. The summed E-state index contributed by atoms with van der Waals surface area (Å²) in [6.07, 6.45) is 4.69. The lowest BCUT2D eigenvalue weighted by molar-refractivity contribution is -0.136. The summed E-state index contributed by atoms with van der Waals surface area (Å²) in [6.45, 7) is 4.95. The monoisotopic (exact) mass is 768 g/mol. The van der Waals surface area contributed by atoms with Gasteiger partial charge in [-0.05, 0) is 48.2 Å². The van der Waals surface area contributed by atoms with Crippen molar-refractivity contribution in [2.24, 2.45) is 0 Å². The molecule has 3 fully saturated rings. The van der Waals surface area contributed by atoms with E-state index in [9.17, 15) is 28.8 Å². The van der Waals surface area contributed by atoms with E-state index < -0.39 is 35.5 Å². The summed E-state index contributed by atoms with van der Waals surface area (Å²) in [4.78, 5) is 92.6. The number of fused-ring (bicyclic) bond motifs is 2. The number of aromatic amines is 1. The van der Waals surface area contributed by atoms with Gasteiger partial charge in [-0.2, -0.15) is 0 Å². The third-order valence-corrected chi connectivity index (χ3v) is 11.4. The molecule has 1 atom stereocenters. The molecule has 2 aromatic heterocycles. The summed E-state index contributed by atoms with van der Waals surface area (Å²) < 4.78 is 15.4. The first-order valence-electron chi connectivity index (χ1n) is 18.4. The second-order valence-electron chi connectivity index (χ2n) is 14.2. The summed E-state index contributed by atoms with van der Waals surface area (Å²) in [6, 6.07) is 8.91. The van der Waals surface area contributed by atoms with Crippen molar-refractivity contribution < 1.29 is 33.2 Å². The average molecular weight is 769 g/mol. The van der Waals surface area contributed by atoms with Crippen molar-refractivity contribution in [2.75, 3.05) is 62.2 Å². The van der Waals surface area contributed by atoms with E-state index in [1.54, 1.807) is 20.9 Å². The minimum Gasteiger partial charge on any atom is -0.366 e. The largest absolute Gasteiger partial charge is 0.366 e. The highest BCUT2D eigenvalue weighted by Gasteiger charge is 2.45. The highest BCUT2D eigenvalue weighted by molar-refractivity contribution is 6.38. The summed E-state index contributed by atoms with van der Waals surface area (Å²) >= 11 is 6.87. The molecule has 4 aliphatic rings. The van der Waals surface area contributed by atoms with Gasteiger partial charge in [0.15, 0.2) is 0 Å². The molecule has 4 aromatic rings. The van der Waals surface area contributed by atoms with E-state index >= 15 is 4.39 Å². The fourth-order valence-electron chi connectivity index (χ4n) is 7.96. The minimum absolute atomic E-state index is 0.00382. The molecule has 0 saturated carbocycles. The van der Waals surface area contributed by atoms with E-state index in [2.05, 4.69) is 22.2 Å². The lowest BCUT2D eigenvalue weighted by Gasteiger charge is -2.37. The fraction of sp³-hybridized carbons (Fsp3) is 0.359. The molecule has 2 aromatic carbocycles. The van der Waals surface area contributed by atoms with E-state index in [-0.39, 0.29) is 54.4 Å². The van der Waals surface area contributed by atoms with E-state index in [0.29, 0.717) is 50.8 Å². The number of nitrogens with one attached hydrogen (secondary N) is 2. The van der Waals surface area contributed by atoms with Crippen molar-refractivity contribution in [2.45, 2.75) is 38.6 Å². The van der Waals surface area contributed by atoms with E-state index in [4.69, 9.17) is 11.6 Å². The van der Waals surface area contributed by atoms with Crippen LogP contribution in [0.25, 0.3) is 22.2 Å². The molecule has 0 bridgehead atoms. The van der Waals surface area contributed by atoms with Crippen molar-refractivity contribution in [3.05, 3.63) is 76.3 Å². The molecule has 55 heavy (non-hydrogen) atoms. The Kier molecular flexibility index (Phi) is 9.59. The van der Waals surface area contributed by atoms with Crippen LogP contribution in [0.5, 0.6) is 0 Å². The van der Waals surface area contributed by atoms with E-state index in [1.165, 1.54) is 6.07 Å². The number of carbonyl (C=O) groups is 6. The molecule has 2 N–H and O–H groups in total. The number of rotatable bonds is 8. The molecule has 6 amide bonds. The van der Waals surface area contributed by atoms with Gasteiger partial charge in [0, 0.05) is 87.7 Å². The maximum absolute atomic E-state index is 15.4. The predicted molar refractivity (Wildman–Crippen MR) is 201 cm³/mol. The fourth-order valence-corrected chi connectivity index (χ4v) is 8.33. The number of halogens is 2. The predicted octanol–water partition coefficient (Wildman–Crippen LogP) is 3.37. The summed E-state index contributed by atoms with van der Waals surface area (Å²) in [5, 5.41) is 3.67. The summed E-state index contributed by atoms with van der Waals surface area (Å²) in [5.74, 6) is -3.54. The zero-order chi connectivity index (χ0) is 38.5. The SMILES string of the molecule is CCc1c[nH]c2ncc(-c3cccc(N4CCN(CCC(=O)N5CCN(c6cc7c(cc6F)C(=O)N(C6CCC(=O)NC6=O)C7=O)CC5)CC4=O)c3)c(Cl)c12. The maximum atomic E-state index is 15.4. The molecule has 284 valence electrons. The number of pyridine rings is 1. The Labute approximate surface area is 320 Å². The molecule has 14 nitrogen and oxygen atoms in total. The van der Waals surface area contributed by atoms with Gasteiger partial charge in [0.05, 0.1) is 28.4 Å². The van der Waals surface area contributed by atoms with E-state index in [1.807, 2.05) is 35.4 Å². The molecule has 0 aliphatic carbocycles. The molecular weight excluding hydrogens is 731 g/mol. The van der Waals surface area contributed by atoms with Crippen molar-refractivity contribution in [3.63, 3.8) is 0 Å². The Hall–Kier alpha value is -5.67. The zero-order valence-electron chi connectivity index (χ0n) is 30.1. The Morgan fingerprint density at radius 2 is 1.73 bits per heavy atom. The lowest BCUT2D eigenvalue weighted by Crippen LogP contribution is -2.54. The molecule has 0 spiro atoms. The molecule has 0 radical (unpaired) electrons. The van der Waals surface area contributed by atoms with Gasteiger partial charge in [-0.15, -0.1) is 0 Å². The molecular formula is C39H38ClFN8O6. The molecule has 8 rings (SSSR count). The number of aryl methyl sites for hydroxylation is 1. The van der Waals surface area contributed by atoms with Gasteiger partial charge >= 0.3 is 0 Å². The Morgan fingerprint density at radius 3 is 2.45 bits per heavy atom. The van der Waals surface area contributed by atoms with Crippen LogP contribution < -0.4 is 15.1 Å². The van der Waals surface area contributed by atoms with Gasteiger partial charge in [-0.3, -0.25) is 43.9 Å². The number of amides is 6. The number of aromatic nitrogens is 2. The number of piperidine rings is 1. The Bertz CT molecular complexity index is 2290. The van der Waals surface area contributed by atoms with Crippen LogP contribution in [0.15, 0.2) is 48.8 Å². The zero-order valence-corrected chi connectivity index (χ0v) is 30.8. The summed E-state index contributed by atoms with van der Waals surface area (Å²) in [5.41, 5.74) is 4.23. The number of carbonyl (C=O) groups excluding carboxylic acids is 6. The van der Waals surface area contributed by atoms with E-state index in [0.717, 1.165) is 50.8 Å². The number of nitrogens with zero attached hydrogens (tertiary/aromatic N) is 6. The second kappa shape index (κ2) is 14.5. The molecule has 3 saturated heterocycles. The van der Waals surface area contributed by atoms with Crippen molar-refractivity contribution >= 4 is 69.5 Å². The van der Waals surface area contributed by atoms with Crippen LogP contribution in [0.1, 0.15) is 52.5 Å². The van der Waals surface area contributed by atoms with Crippen molar-refractivity contribution in [3.8, 4) is 11.1 Å². The van der Waals surface area contributed by atoms with Gasteiger partial charge in [0.25, 0.3) is 11.8 Å². The van der Waals surface area contributed by atoms with Gasteiger partial charge < -0.3 is 19.7 Å². The number of hydrogen-bond acceptors (Lipinski definition) is 9. The van der Waals surface area contributed by atoms with Crippen LogP contribution >= 0.6 is 11.6 Å². The van der Waals surface area contributed by atoms with Gasteiger partial charge in [-0.1, -0.05) is 30.7 Å². The maximum Gasteiger partial charge on any atom is 0.262 e. The van der Waals surface area contributed by atoms with Gasteiger partial charge in [0.1, 0.15) is 17.5 Å². The number of hydrogen-bond donors (Lipinski definition) is 2. The smallest absolute Gasteiger partial charge is 0.262 e. The highest BCUT2D eigenvalue weighted by Crippen LogP contribution is 2.37. The Balaban J connectivity index is 0.845. The number of H-pyrrole nitrogens is 1. The van der Waals surface area contributed by atoms with Crippen molar-refractivity contribution in [1.82, 2.24) is 30.0 Å². The van der Waals surface area contributed by atoms with Crippen LogP contribution in [0.2, 0.25) is 5.02 Å². The first-order valence-corrected chi connectivity index (χ1v) is 18.8. The van der Waals surface area contributed by atoms with Crippen LogP contribution in [0.3, 0.4) is 0 Å². The number of anilines is 2. The standard InChI is InChI=1S/C39H38ClFN8O6/c1-2-22-19-42-36-34(22)35(40)27(20-43-36)23-4-3-5-24(16-23)48-15-10-45(21-33(48)52)9-8-32(51)47-13-11-46(12-14-47)30-18-26-25(17-28(30)41)38(54)49(39(26)55)29-6-7-31(50)44-37(29)53/h3-5,16-20,29H,2,6-15,21H2,1H3,(H,42,43)(H,44,50,53). The van der Waals surface area contributed by atoms with Gasteiger partial charge in [-0.25, -0.2) is 9.37 Å². The Morgan fingerprint density at radius 1 is 0.964 bits per heavy atom. The van der Waals surface area contributed by atoms with Crippen LogP contribution in [-0.2, 0) is 25.6 Å². The summed E-state index contributed by atoms with van der Waals surface area (Å²) in [7, 11) is 0. The number of benzene rings is 2. The van der Waals surface area contributed by atoms with Crippen molar-refractivity contribution in [1.29, 1.82) is 0 Å². The molecule has 16 heteroatoms. The quantitative estimate of drug-likeness (QED) is 0.257. The lowest BCUT2D eigenvalue weighted by atomic mass is 10.0. The topological polar surface area (TPSA) is 159 Å². The first kappa shape index (κ1) is 36.3. The molecule has 1 unspecified atom stereocenters. The number of piperazine rings is 2. The minimum atomic E-state index is -1.14. The van der Waals surface area contributed by atoms with Crippen LogP contribution in [0.4, 0.5) is 15.8 Å². The average Bonchev–Trinajstić information content (AvgIpc) is 3.71. The third kappa shape index (κ3) is 6.60. The second-order valence-corrected chi connectivity index (χ2v) is 14.5. The molecule has 6 heterocycles.